The van der Waals surface area contributed by atoms with E-state index >= 15 is 0 Å². The Balaban J connectivity index is 1.79. The molecule has 1 saturated carbocycles. The molecule has 1 aromatic carbocycles. The first kappa shape index (κ1) is 11.2. The van der Waals surface area contributed by atoms with Gasteiger partial charge in [-0.15, -0.1) is 0 Å². The van der Waals surface area contributed by atoms with E-state index in [1.165, 1.54) is 4.90 Å². The fraction of sp³-hybridized carbons (Fsp3) is 0.385. The van der Waals surface area contributed by atoms with Gasteiger partial charge in [-0.3, -0.25) is 9.59 Å². The van der Waals surface area contributed by atoms with Gasteiger partial charge in [0.2, 0.25) is 11.8 Å². The monoisotopic (exact) mass is 245 g/mol. The number of amides is 2. The average molecular weight is 245 g/mol. The van der Waals surface area contributed by atoms with Gasteiger partial charge in [-0.1, -0.05) is 18.2 Å². The Morgan fingerprint density at radius 1 is 1.39 bits per heavy atom. The van der Waals surface area contributed by atoms with E-state index in [4.69, 9.17) is 5.73 Å². The highest BCUT2D eigenvalue weighted by Gasteiger charge is 2.36. The van der Waals surface area contributed by atoms with Gasteiger partial charge in [0.25, 0.3) is 0 Å². The Hall–Kier alpha value is -1.88. The maximum Gasteiger partial charge on any atom is 0.249 e. The highest BCUT2D eigenvalue weighted by Crippen LogP contribution is 2.33. The van der Waals surface area contributed by atoms with E-state index in [9.17, 15) is 9.59 Å². The Kier molecular flexibility index (Phi) is 2.56. The molecule has 0 aromatic heterocycles. The topological polar surface area (TPSA) is 75.4 Å². The van der Waals surface area contributed by atoms with Crippen LogP contribution < -0.4 is 16.0 Å². The zero-order chi connectivity index (χ0) is 12.7. The number of nitrogens with two attached hydrogens (primary N) is 1. The molecule has 3 N–H and O–H groups in total. The first-order valence-corrected chi connectivity index (χ1v) is 6.12. The zero-order valence-electron chi connectivity index (χ0n) is 9.93. The van der Waals surface area contributed by atoms with Crippen LogP contribution >= 0.6 is 0 Å². The number of benzene rings is 1. The second-order valence-electron chi connectivity index (χ2n) is 4.80. The molecule has 0 radical (unpaired) electrons. The molecule has 1 aliphatic carbocycles. The lowest BCUT2D eigenvalue weighted by Gasteiger charge is -2.16. The second kappa shape index (κ2) is 4.10. The van der Waals surface area contributed by atoms with Gasteiger partial charge in [-0.2, -0.15) is 0 Å². The van der Waals surface area contributed by atoms with Crippen molar-refractivity contribution in [2.75, 3.05) is 11.4 Å². The molecule has 5 heteroatoms. The average Bonchev–Trinajstić information content (AvgIpc) is 3.14. The predicted molar refractivity (Wildman–Crippen MR) is 66.9 cm³/mol. The summed E-state index contributed by atoms with van der Waals surface area (Å²) in [7, 11) is 0. The number of para-hydroxylation sites is 1. The Morgan fingerprint density at radius 3 is 2.83 bits per heavy atom. The SMILES string of the molecule is NC1C(=O)N(CC(=O)NC2CC2)c2ccccc21. The van der Waals surface area contributed by atoms with Crippen molar-refractivity contribution in [1.29, 1.82) is 0 Å². The van der Waals surface area contributed by atoms with E-state index in [-0.39, 0.29) is 18.4 Å². The van der Waals surface area contributed by atoms with Crippen LogP contribution in [0.3, 0.4) is 0 Å². The smallest absolute Gasteiger partial charge is 0.249 e. The molecule has 1 unspecified atom stereocenters. The van der Waals surface area contributed by atoms with Crippen molar-refractivity contribution in [3.8, 4) is 0 Å². The number of rotatable bonds is 3. The molecular weight excluding hydrogens is 230 g/mol. The summed E-state index contributed by atoms with van der Waals surface area (Å²) in [5, 5.41) is 2.87. The van der Waals surface area contributed by atoms with E-state index in [0.29, 0.717) is 6.04 Å². The molecule has 0 bridgehead atoms. The quantitative estimate of drug-likeness (QED) is 0.804. The number of carbonyl (C=O) groups excluding carboxylic acids is 2. The van der Waals surface area contributed by atoms with Crippen molar-refractivity contribution < 1.29 is 9.59 Å². The van der Waals surface area contributed by atoms with Crippen molar-refractivity contribution in [1.82, 2.24) is 5.32 Å². The maximum absolute atomic E-state index is 12.0. The van der Waals surface area contributed by atoms with Crippen LogP contribution in [0.2, 0.25) is 0 Å². The molecule has 3 rings (SSSR count). The second-order valence-corrected chi connectivity index (χ2v) is 4.80. The molecule has 0 spiro atoms. The van der Waals surface area contributed by atoms with Crippen LogP contribution in [0.4, 0.5) is 5.69 Å². The lowest BCUT2D eigenvalue weighted by atomic mass is 10.1. The van der Waals surface area contributed by atoms with Gasteiger partial charge in [0.15, 0.2) is 0 Å². The van der Waals surface area contributed by atoms with Gasteiger partial charge < -0.3 is 16.0 Å². The van der Waals surface area contributed by atoms with E-state index in [1.54, 1.807) is 0 Å². The molecule has 18 heavy (non-hydrogen) atoms. The van der Waals surface area contributed by atoms with E-state index < -0.39 is 6.04 Å². The van der Waals surface area contributed by atoms with Gasteiger partial charge in [0, 0.05) is 17.3 Å². The van der Waals surface area contributed by atoms with Gasteiger partial charge in [-0.25, -0.2) is 0 Å². The summed E-state index contributed by atoms with van der Waals surface area (Å²) in [5.74, 6) is -0.322. The number of hydrogen-bond donors (Lipinski definition) is 2. The normalized spacial score (nSPS) is 21.9. The number of carbonyl (C=O) groups is 2. The first-order chi connectivity index (χ1) is 8.66. The molecule has 1 aliphatic heterocycles. The largest absolute Gasteiger partial charge is 0.352 e. The van der Waals surface area contributed by atoms with E-state index in [0.717, 1.165) is 24.1 Å². The van der Waals surface area contributed by atoms with Gasteiger partial charge in [-0.05, 0) is 18.9 Å². The lowest BCUT2D eigenvalue weighted by Crippen LogP contribution is -2.41. The minimum atomic E-state index is -0.644. The lowest BCUT2D eigenvalue weighted by molar-refractivity contribution is -0.124. The van der Waals surface area contributed by atoms with Crippen molar-refractivity contribution >= 4 is 17.5 Å². The molecule has 2 aliphatic rings. The minimum Gasteiger partial charge on any atom is -0.352 e. The molecule has 0 saturated heterocycles. The van der Waals surface area contributed by atoms with Gasteiger partial charge in [0.1, 0.15) is 12.6 Å². The Bertz CT molecular complexity index is 511. The summed E-state index contributed by atoms with van der Waals surface area (Å²) in [6.07, 6.45) is 2.07. The third-order valence-electron chi connectivity index (χ3n) is 3.34. The molecule has 94 valence electrons. The van der Waals surface area contributed by atoms with E-state index in [2.05, 4.69) is 5.32 Å². The van der Waals surface area contributed by atoms with Crippen LogP contribution in [0.15, 0.2) is 24.3 Å². The summed E-state index contributed by atoms with van der Waals surface area (Å²) >= 11 is 0. The number of nitrogens with one attached hydrogen (secondary N) is 1. The first-order valence-electron chi connectivity index (χ1n) is 6.12. The van der Waals surface area contributed by atoms with Crippen LogP contribution in [-0.4, -0.2) is 24.4 Å². The fourth-order valence-electron chi connectivity index (χ4n) is 2.22. The molecule has 5 nitrogen and oxygen atoms in total. The highest BCUT2D eigenvalue weighted by atomic mass is 16.2. The highest BCUT2D eigenvalue weighted by molar-refractivity contribution is 6.07. The van der Waals surface area contributed by atoms with Crippen LogP contribution in [0, 0.1) is 0 Å². The predicted octanol–water partition coefficient (Wildman–Crippen LogP) is 0.312. The molecular formula is C13H15N3O2. The third-order valence-corrected chi connectivity index (χ3v) is 3.34. The van der Waals surface area contributed by atoms with Crippen molar-refractivity contribution in [2.45, 2.75) is 24.9 Å². The van der Waals surface area contributed by atoms with Crippen molar-refractivity contribution in [3.05, 3.63) is 29.8 Å². The minimum absolute atomic E-state index is 0.0556. The maximum atomic E-state index is 12.0. The standard InChI is InChI=1S/C13H15N3O2/c14-12-9-3-1-2-4-10(9)16(13(12)18)7-11(17)15-8-5-6-8/h1-4,8,12H,5-7,14H2,(H,15,17). The zero-order valence-corrected chi connectivity index (χ0v) is 9.93. The third kappa shape index (κ3) is 1.86. The Labute approximate surface area is 105 Å². The molecule has 1 aromatic rings. The van der Waals surface area contributed by atoms with E-state index in [1.807, 2.05) is 24.3 Å². The summed E-state index contributed by atoms with van der Waals surface area (Å²) in [6.45, 7) is 0.0556. The van der Waals surface area contributed by atoms with Crippen LogP contribution in [0.25, 0.3) is 0 Å². The molecule has 1 fully saturated rings. The molecule has 2 amide bonds. The van der Waals surface area contributed by atoms with Gasteiger partial charge in [0.05, 0.1) is 0 Å². The molecule has 1 heterocycles. The number of anilines is 1. The number of fused-ring (bicyclic) bond motifs is 1. The van der Waals surface area contributed by atoms with Crippen LogP contribution in [0.5, 0.6) is 0 Å². The van der Waals surface area contributed by atoms with Crippen molar-refractivity contribution in [2.24, 2.45) is 5.73 Å². The number of nitrogens with zero attached hydrogens (tertiary/aromatic N) is 1. The summed E-state index contributed by atoms with van der Waals surface area (Å²) in [6, 6.07) is 7.01. The van der Waals surface area contributed by atoms with Crippen LogP contribution in [0.1, 0.15) is 24.4 Å². The fourth-order valence-corrected chi connectivity index (χ4v) is 2.22. The van der Waals surface area contributed by atoms with Gasteiger partial charge >= 0.3 is 0 Å². The molecule has 1 atom stereocenters. The summed E-state index contributed by atoms with van der Waals surface area (Å²) in [4.78, 5) is 25.3. The number of hydrogen-bond acceptors (Lipinski definition) is 3. The van der Waals surface area contributed by atoms with Crippen molar-refractivity contribution in [3.63, 3.8) is 0 Å². The summed E-state index contributed by atoms with van der Waals surface area (Å²) < 4.78 is 0. The Morgan fingerprint density at radius 2 is 2.11 bits per heavy atom. The van der Waals surface area contributed by atoms with Crippen LogP contribution in [-0.2, 0) is 9.59 Å². The summed E-state index contributed by atoms with van der Waals surface area (Å²) in [5.41, 5.74) is 7.39.